The third-order valence-corrected chi connectivity index (χ3v) is 2.23. The lowest BCUT2D eigenvalue weighted by Gasteiger charge is -2.04. The second-order valence-corrected chi connectivity index (χ2v) is 3.24. The second-order valence-electron chi connectivity index (χ2n) is 3.24. The van der Waals surface area contributed by atoms with E-state index in [0.717, 1.165) is 0 Å². The first-order valence-electron chi connectivity index (χ1n) is 4.58. The minimum absolute atomic E-state index is 0.0563. The van der Waals surface area contributed by atoms with Crippen LogP contribution in [0.3, 0.4) is 0 Å². The number of ether oxygens (including phenoxy) is 1. The third kappa shape index (κ3) is 1.52. The van der Waals surface area contributed by atoms with Crippen LogP contribution < -0.4 is 16.1 Å². The van der Waals surface area contributed by atoms with Gasteiger partial charge in [0.2, 0.25) is 0 Å². The molecule has 0 saturated carbocycles. The third-order valence-electron chi connectivity index (χ3n) is 2.23. The highest BCUT2D eigenvalue weighted by molar-refractivity contribution is 5.97. The van der Waals surface area contributed by atoms with Crippen molar-refractivity contribution in [2.45, 2.75) is 0 Å². The van der Waals surface area contributed by atoms with Gasteiger partial charge in [-0.25, -0.2) is 4.79 Å². The van der Waals surface area contributed by atoms with E-state index in [1.165, 1.54) is 13.2 Å². The summed E-state index contributed by atoms with van der Waals surface area (Å²) < 4.78 is 10.1. The molecule has 1 aromatic heterocycles. The zero-order valence-electron chi connectivity index (χ0n) is 8.61. The molecule has 1 heterocycles. The summed E-state index contributed by atoms with van der Waals surface area (Å²) in [6, 6.07) is 6.74. The Kier molecular flexibility index (Phi) is 2.36. The molecule has 0 spiro atoms. The molecule has 0 aliphatic rings. The number of para-hydroxylation sites is 1. The van der Waals surface area contributed by atoms with Crippen molar-refractivity contribution in [3.8, 4) is 5.75 Å². The van der Waals surface area contributed by atoms with Crippen LogP contribution >= 0.6 is 0 Å². The predicted octanol–water partition coefficient (Wildman–Crippen LogP) is 1.09. The highest BCUT2D eigenvalue weighted by Gasteiger charge is 2.10. The van der Waals surface area contributed by atoms with Gasteiger partial charge in [0.1, 0.15) is 11.4 Å². The second kappa shape index (κ2) is 3.69. The molecule has 0 saturated heterocycles. The van der Waals surface area contributed by atoms with E-state index in [-0.39, 0.29) is 11.4 Å². The van der Waals surface area contributed by atoms with Crippen molar-refractivity contribution in [3.63, 3.8) is 0 Å². The predicted molar refractivity (Wildman–Crippen MR) is 60.1 cm³/mol. The lowest BCUT2D eigenvalue weighted by Crippen LogP contribution is -2.20. The minimum Gasteiger partial charge on any atom is -0.493 e. The average Bonchev–Trinajstić information content (AvgIpc) is 2.27. The van der Waals surface area contributed by atoms with Crippen LogP contribution in [-0.2, 0) is 0 Å². The number of methoxy groups -OCH3 is 1. The van der Waals surface area contributed by atoms with E-state index in [0.29, 0.717) is 16.7 Å². The van der Waals surface area contributed by atoms with Crippen LogP contribution in [0, 0.1) is 5.41 Å². The van der Waals surface area contributed by atoms with Gasteiger partial charge in [-0.1, -0.05) is 12.1 Å². The number of nitrogen functional groups attached to an aromatic ring is 1. The van der Waals surface area contributed by atoms with E-state index in [1.54, 1.807) is 18.2 Å². The zero-order chi connectivity index (χ0) is 11.7. The first-order chi connectivity index (χ1) is 7.63. The van der Waals surface area contributed by atoms with Gasteiger partial charge in [-0.2, -0.15) is 0 Å². The molecule has 0 aliphatic carbocycles. The Morgan fingerprint density at radius 2 is 2.25 bits per heavy atom. The Labute approximate surface area is 90.9 Å². The molecule has 5 heteroatoms. The molecule has 5 nitrogen and oxygen atoms in total. The molecule has 0 unspecified atom stereocenters. The standard InChI is InChI=1S/C11H10N2O3/c1-15-8-4-2-3-6-5-7(10(12)13)11(14)16-9(6)8/h2-5H,1H3,(H3,12,13). The maximum absolute atomic E-state index is 11.5. The molecule has 0 fully saturated rings. The Morgan fingerprint density at radius 3 is 2.88 bits per heavy atom. The number of nitrogens with one attached hydrogen (secondary N) is 1. The number of benzene rings is 1. The SMILES string of the molecule is COc1cccc2cc(C(=N)N)c(=O)oc12. The fourth-order valence-electron chi connectivity index (χ4n) is 1.47. The van der Waals surface area contributed by atoms with Gasteiger partial charge in [0.15, 0.2) is 11.3 Å². The van der Waals surface area contributed by atoms with E-state index in [9.17, 15) is 4.79 Å². The van der Waals surface area contributed by atoms with Crippen molar-refractivity contribution < 1.29 is 9.15 Å². The van der Waals surface area contributed by atoms with E-state index >= 15 is 0 Å². The van der Waals surface area contributed by atoms with Crippen LogP contribution in [0.1, 0.15) is 5.56 Å². The molecule has 0 radical (unpaired) electrons. The number of amidine groups is 1. The first kappa shape index (κ1) is 10.2. The summed E-state index contributed by atoms with van der Waals surface area (Å²) >= 11 is 0. The maximum atomic E-state index is 11.5. The van der Waals surface area contributed by atoms with Gasteiger partial charge in [-0.15, -0.1) is 0 Å². The minimum atomic E-state index is -0.635. The summed E-state index contributed by atoms with van der Waals surface area (Å²) in [5.74, 6) is 0.170. The van der Waals surface area contributed by atoms with Gasteiger partial charge in [0.25, 0.3) is 0 Å². The summed E-state index contributed by atoms with van der Waals surface area (Å²) in [4.78, 5) is 11.5. The van der Waals surface area contributed by atoms with E-state index in [4.69, 9.17) is 20.3 Å². The van der Waals surface area contributed by atoms with Crippen LogP contribution in [0.5, 0.6) is 5.75 Å². The highest BCUT2D eigenvalue weighted by atomic mass is 16.5. The number of nitrogens with two attached hydrogens (primary N) is 1. The Hall–Kier alpha value is -2.30. The van der Waals surface area contributed by atoms with Crippen LogP contribution in [0.2, 0.25) is 0 Å². The molecule has 1 aromatic carbocycles. The Balaban J connectivity index is 2.83. The maximum Gasteiger partial charge on any atom is 0.347 e. The number of hydrogen-bond acceptors (Lipinski definition) is 4. The van der Waals surface area contributed by atoms with Gasteiger partial charge in [0, 0.05) is 5.39 Å². The van der Waals surface area contributed by atoms with Gasteiger partial charge >= 0.3 is 5.63 Å². The molecule has 16 heavy (non-hydrogen) atoms. The smallest absolute Gasteiger partial charge is 0.347 e. The molecule has 2 rings (SSSR count). The van der Waals surface area contributed by atoms with Crippen LogP contribution in [0.4, 0.5) is 0 Å². The Morgan fingerprint density at radius 1 is 1.50 bits per heavy atom. The number of rotatable bonds is 2. The van der Waals surface area contributed by atoms with Crippen molar-refractivity contribution in [1.29, 1.82) is 5.41 Å². The molecule has 82 valence electrons. The van der Waals surface area contributed by atoms with Gasteiger partial charge in [-0.05, 0) is 12.1 Å². The number of fused-ring (bicyclic) bond motifs is 1. The molecule has 0 aliphatic heterocycles. The zero-order valence-corrected chi connectivity index (χ0v) is 8.61. The molecule has 0 bridgehead atoms. The number of hydrogen-bond donors (Lipinski definition) is 2. The lowest BCUT2D eigenvalue weighted by molar-refractivity contribution is 0.406. The Bertz CT molecular complexity index is 616. The van der Waals surface area contributed by atoms with Crippen molar-refractivity contribution in [1.82, 2.24) is 0 Å². The summed E-state index contributed by atoms with van der Waals surface area (Å²) in [6.45, 7) is 0. The van der Waals surface area contributed by atoms with Gasteiger partial charge < -0.3 is 14.9 Å². The van der Waals surface area contributed by atoms with E-state index in [2.05, 4.69) is 0 Å². The topological polar surface area (TPSA) is 89.3 Å². The molecular formula is C11H10N2O3. The molecule has 0 amide bonds. The fourth-order valence-corrected chi connectivity index (χ4v) is 1.47. The molecule has 3 N–H and O–H groups in total. The summed E-state index contributed by atoms with van der Waals surface area (Å²) in [5, 5.41) is 7.91. The quantitative estimate of drug-likeness (QED) is 0.448. The summed E-state index contributed by atoms with van der Waals surface area (Å²) in [6.07, 6.45) is 0. The first-order valence-corrected chi connectivity index (χ1v) is 4.58. The largest absolute Gasteiger partial charge is 0.493 e. The van der Waals surface area contributed by atoms with Gasteiger partial charge in [-0.3, -0.25) is 5.41 Å². The average molecular weight is 218 g/mol. The van der Waals surface area contributed by atoms with E-state index < -0.39 is 5.63 Å². The summed E-state index contributed by atoms with van der Waals surface area (Å²) in [7, 11) is 1.49. The van der Waals surface area contributed by atoms with Crippen molar-refractivity contribution in [2.24, 2.45) is 5.73 Å². The lowest BCUT2D eigenvalue weighted by atomic mass is 10.1. The van der Waals surface area contributed by atoms with E-state index in [1.807, 2.05) is 0 Å². The fraction of sp³-hybridized carbons (Fsp3) is 0.0909. The monoisotopic (exact) mass is 218 g/mol. The molecular weight excluding hydrogens is 208 g/mol. The summed E-state index contributed by atoms with van der Waals surface area (Å²) in [5.41, 5.74) is 5.05. The van der Waals surface area contributed by atoms with Gasteiger partial charge in [0.05, 0.1) is 7.11 Å². The van der Waals surface area contributed by atoms with Crippen LogP contribution in [0.25, 0.3) is 11.0 Å². The molecule has 2 aromatic rings. The normalized spacial score (nSPS) is 10.3. The van der Waals surface area contributed by atoms with Crippen molar-refractivity contribution >= 4 is 16.8 Å². The van der Waals surface area contributed by atoms with Crippen LogP contribution in [-0.4, -0.2) is 12.9 Å². The van der Waals surface area contributed by atoms with Crippen molar-refractivity contribution in [2.75, 3.05) is 7.11 Å². The molecule has 0 atom stereocenters. The van der Waals surface area contributed by atoms with Crippen LogP contribution in [0.15, 0.2) is 33.5 Å². The highest BCUT2D eigenvalue weighted by Crippen LogP contribution is 2.24. The van der Waals surface area contributed by atoms with Crippen molar-refractivity contribution in [3.05, 3.63) is 40.2 Å².